The van der Waals surface area contributed by atoms with Crippen LogP contribution in [0.3, 0.4) is 0 Å². The molecule has 0 saturated heterocycles. The molecule has 0 bridgehead atoms. The SMILES string of the molecule is CC1(C(=O)O)C=CC=C(C(=O)O)C1.CCCCCCCCC(=O)O. The quantitative estimate of drug-likeness (QED) is 0.549. The maximum atomic E-state index is 10.8. The van der Waals surface area contributed by atoms with Crippen LogP contribution in [0.4, 0.5) is 0 Å². The lowest BCUT2D eigenvalue weighted by molar-refractivity contribution is -0.145. The molecule has 0 aromatic rings. The first-order valence-electron chi connectivity index (χ1n) is 8.29. The molecule has 0 saturated carbocycles. The summed E-state index contributed by atoms with van der Waals surface area (Å²) in [5, 5.41) is 25.8. The summed E-state index contributed by atoms with van der Waals surface area (Å²) in [4.78, 5) is 31.4. The molecule has 1 rings (SSSR count). The van der Waals surface area contributed by atoms with Gasteiger partial charge in [-0.25, -0.2) is 4.79 Å². The van der Waals surface area contributed by atoms with E-state index < -0.39 is 23.3 Å². The van der Waals surface area contributed by atoms with Gasteiger partial charge in [-0.3, -0.25) is 9.59 Å². The minimum Gasteiger partial charge on any atom is -0.481 e. The molecule has 0 heterocycles. The van der Waals surface area contributed by atoms with Crippen LogP contribution < -0.4 is 0 Å². The second-order valence-corrected chi connectivity index (χ2v) is 6.17. The van der Waals surface area contributed by atoms with E-state index in [1.165, 1.54) is 50.8 Å². The van der Waals surface area contributed by atoms with Gasteiger partial charge in [0.2, 0.25) is 0 Å². The highest BCUT2D eigenvalue weighted by molar-refractivity contribution is 5.90. The van der Waals surface area contributed by atoms with E-state index in [2.05, 4.69) is 6.92 Å². The Hall–Kier alpha value is -2.11. The number of carbonyl (C=O) groups is 3. The summed E-state index contributed by atoms with van der Waals surface area (Å²) >= 11 is 0. The predicted octanol–water partition coefficient (Wildman–Crippen LogP) is 3.87. The van der Waals surface area contributed by atoms with Crippen LogP contribution in [-0.2, 0) is 14.4 Å². The van der Waals surface area contributed by atoms with E-state index in [4.69, 9.17) is 15.3 Å². The number of aliphatic carboxylic acids is 3. The predicted molar refractivity (Wildman–Crippen MR) is 90.8 cm³/mol. The van der Waals surface area contributed by atoms with Crippen LogP contribution in [0.2, 0.25) is 0 Å². The van der Waals surface area contributed by atoms with Gasteiger partial charge in [0.1, 0.15) is 0 Å². The molecule has 0 aliphatic heterocycles. The van der Waals surface area contributed by atoms with E-state index in [1.807, 2.05) is 0 Å². The first-order valence-corrected chi connectivity index (χ1v) is 8.29. The maximum Gasteiger partial charge on any atom is 0.331 e. The first kappa shape index (κ1) is 21.9. The van der Waals surface area contributed by atoms with Crippen molar-refractivity contribution >= 4 is 17.9 Å². The number of hydrogen-bond donors (Lipinski definition) is 3. The highest BCUT2D eigenvalue weighted by atomic mass is 16.4. The zero-order valence-electron chi connectivity index (χ0n) is 14.5. The Kier molecular flexibility index (Phi) is 10.4. The van der Waals surface area contributed by atoms with Crippen molar-refractivity contribution in [3.8, 4) is 0 Å². The van der Waals surface area contributed by atoms with Gasteiger partial charge in [0.15, 0.2) is 0 Å². The summed E-state index contributed by atoms with van der Waals surface area (Å²) in [6.45, 7) is 3.68. The fourth-order valence-corrected chi connectivity index (χ4v) is 2.24. The Morgan fingerprint density at radius 3 is 2.12 bits per heavy atom. The van der Waals surface area contributed by atoms with E-state index in [0.29, 0.717) is 6.42 Å². The molecule has 1 aliphatic carbocycles. The van der Waals surface area contributed by atoms with Gasteiger partial charge in [-0.15, -0.1) is 0 Å². The molecular formula is C18H28O6. The summed E-state index contributed by atoms with van der Waals surface area (Å²) in [5.41, 5.74) is -0.949. The van der Waals surface area contributed by atoms with E-state index in [9.17, 15) is 14.4 Å². The van der Waals surface area contributed by atoms with Crippen molar-refractivity contribution in [2.75, 3.05) is 0 Å². The Morgan fingerprint density at radius 1 is 1.04 bits per heavy atom. The van der Waals surface area contributed by atoms with Gasteiger partial charge >= 0.3 is 17.9 Å². The number of hydrogen-bond acceptors (Lipinski definition) is 3. The van der Waals surface area contributed by atoms with Crippen molar-refractivity contribution in [3.63, 3.8) is 0 Å². The van der Waals surface area contributed by atoms with Gasteiger partial charge in [0, 0.05) is 12.0 Å². The number of carboxylic acid groups (broad SMARTS) is 3. The van der Waals surface area contributed by atoms with Crippen LogP contribution in [0.1, 0.15) is 65.2 Å². The molecule has 0 fully saturated rings. The maximum absolute atomic E-state index is 10.8. The van der Waals surface area contributed by atoms with E-state index >= 15 is 0 Å². The molecule has 136 valence electrons. The van der Waals surface area contributed by atoms with Gasteiger partial charge in [0.05, 0.1) is 5.41 Å². The highest BCUT2D eigenvalue weighted by Gasteiger charge is 2.34. The second kappa shape index (κ2) is 11.4. The molecule has 6 nitrogen and oxygen atoms in total. The number of allylic oxidation sites excluding steroid dienone is 2. The summed E-state index contributed by atoms with van der Waals surface area (Å²) in [7, 11) is 0. The van der Waals surface area contributed by atoms with Crippen molar-refractivity contribution < 1.29 is 29.7 Å². The van der Waals surface area contributed by atoms with Crippen LogP contribution in [-0.4, -0.2) is 33.2 Å². The van der Waals surface area contributed by atoms with Crippen molar-refractivity contribution in [3.05, 3.63) is 23.8 Å². The van der Waals surface area contributed by atoms with E-state index in [0.717, 1.165) is 12.8 Å². The van der Waals surface area contributed by atoms with Crippen molar-refractivity contribution in [1.29, 1.82) is 0 Å². The van der Waals surface area contributed by atoms with Crippen molar-refractivity contribution in [1.82, 2.24) is 0 Å². The van der Waals surface area contributed by atoms with Gasteiger partial charge < -0.3 is 15.3 Å². The molecule has 1 unspecified atom stereocenters. The van der Waals surface area contributed by atoms with Gasteiger partial charge in [-0.05, 0) is 19.8 Å². The molecule has 24 heavy (non-hydrogen) atoms. The number of carboxylic acids is 3. The molecule has 0 amide bonds. The minimum absolute atomic E-state index is 0.0359. The minimum atomic E-state index is -1.08. The average molecular weight is 340 g/mol. The van der Waals surface area contributed by atoms with Crippen LogP contribution in [0.25, 0.3) is 0 Å². The summed E-state index contributed by atoms with van der Waals surface area (Å²) in [6.07, 6.45) is 11.7. The Labute approximate surface area is 142 Å². The molecule has 0 aromatic carbocycles. The Balaban J connectivity index is 0.000000449. The van der Waals surface area contributed by atoms with Crippen LogP contribution >= 0.6 is 0 Å². The third kappa shape index (κ3) is 9.12. The zero-order valence-corrected chi connectivity index (χ0v) is 14.5. The third-order valence-corrected chi connectivity index (χ3v) is 3.83. The fourth-order valence-electron chi connectivity index (χ4n) is 2.24. The number of rotatable bonds is 9. The van der Waals surface area contributed by atoms with Crippen LogP contribution in [0, 0.1) is 5.41 Å². The number of unbranched alkanes of at least 4 members (excludes halogenated alkanes) is 5. The zero-order chi connectivity index (χ0) is 18.6. The molecule has 0 radical (unpaired) electrons. The molecular weight excluding hydrogens is 312 g/mol. The topological polar surface area (TPSA) is 112 Å². The Bertz CT molecular complexity index is 492. The standard InChI is InChI=1S/C9H10O4.C9H18O2/c1-9(8(12)13)4-2-3-6(5-9)7(10)11;1-2-3-4-5-6-7-8-9(10)11/h2-4H,5H2,1H3,(H,10,11)(H,12,13);2-8H2,1H3,(H,10,11). The van der Waals surface area contributed by atoms with E-state index in [-0.39, 0.29) is 12.0 Å². The lowest BCUT2D eigenvalue weighted by Crippen LogP contribution is -2.28. The largest absolute Gasteiger partial charge is 0.481 e. The van der Waals surface area contributed by atoms with E-state index in [1.54, 1.807) is 0 Å². The van der Waals surface area contributed by atoms with Crippen molar-refractivity contribution in [2.45, 2.75) is 65.2 Å². The second-order valence-electron chi connectivity index (χ2n) is 6.17. The Morgan fingerprint density at radius 2 is 1.62 bits per heavy atom. The van der Waals surface area contributed by atoms with Gasteiger partial charge in [-0.1, -0.05) is 57.3 Å². The summed E-state index contributed by atoms with van der Waals surface area (Å²) in [6, 6.07) is 0. The first-order chi connectivity index (χ1) is 11.2. The van der Waals surface area contributed by atoms with Crippen LogP contribution in [0.15, 0.2) is 23.8 Å². The fraction of sp³-hybridized carbons (Fsp3) is 0.611. The molecule has 1 aliphatic rings. The smallest absolute Gasteiger partial charge is 0.331 e. The average Bonchev–Trinajstić information content (AvgIpc) is 2.51. The van der Waals surface area contributed by atoms with Gasteiger partial charge in [0.25, 0.3) is 0 Å². The van der Waals surface area contributed by atoms with Crippen molar-refractivity contribution in [2.24, 2.45) is 5.41 Å². The molecule has 6 heteroatoms. The van der Waals surface area contributed by atoms with Gasteiger partial charge in [-0.2, -0.15) is 0 Å². The highest BCUT2D eigenvalue weighted by Crippen LogP contribution is 2.31. The van der Waals surface area contributed by atoms with Crippen LogP contribution in [0.5, 0.6) is 0 Å². The monoisotopic (exact) mass is 340 g/mol. The third-order valence-electron chi connectivity index (χ3n) is 3.83. The summed E-state index contributed by atoms with van der Waals surface area (Å²) in [5.74, 6) is -2.73. The lowest BCUT2D eigenvalue weighted by Gasteiger charge is -2.23. The lowest BCUT2D eigenvalue weighted by atomic mass is 9.80. The normalized spacial score (nSPS) is 19.0. The molecule has 1 atom stereocenters. The molecule has 0 aromatic heterocycles. The summed E-state index contributed by atoms with van der Waals surface area (Å²) < 4.78 is 0. The molecule has 0 spiro atoms. The molecule has 3 N–H and O–H groups in total.